The molecule has 3 atom stereocenters. The summed E-state index contributed by atoms with van der Waals surface area (Å²) < 4.78 is 55.3. The highest BCUT2D eigenvalue weighted by Crippen LogP contribution is 2.46. The highest BCUT2D eigenvalue weighted by Gasteiger charge is 2.42. The molecule has 12 heteroatoms. The maximum atomic E-state index is 13.0. The Morgan fingerprint density at radius 2 is 1.82 bits per heavy atom. The first-order valence-corrected chi connectivity index (χ1v) is 12.6. The third kappa shape index (κ3) is 4.92. The van der Waals surface area contributed by atoms with Crippen LogP contribution in [0.25, 0.3) is 11.3 Å². The zero-order valence-corrected chi connectivity index (χ0v) is 20.2. The van der Waals surface area contributed by atoms with E-state index in [0.717, 1.165) is 38.5 Å². The molecule has 0 radical (unpaired) electrons. The molecule has 1 N–H and O–H groups in total. The Hall–Kier alpha value is -3.67. The summed E-state index contributed by atoms with van der Waals surface area (Å²) in [5.74, 6) is 0.0511. The Balaban J connectivity index is 1.19. The quantitative estimate of drug-likeness (QED) is 0.414. The molecule has 4 heterocycles. The van der Waals surface area contributed by atoms with Gasteiger partial charge >= 0.3 is 12.3 Å². The average molecular weight is 531 g/mol. The molecule has 0 spiro atoms. The van der Waals surface area contributed by atoms with Crippen LogP contribution in [0.3, 0.4) is 0 Å². The molecule has 2 aliphatic heterocycles. The van der Waals surface area contributed by atoms with Gasteiger partial charge in [-0.2, -0.15) is 0 Å². The van der Waals surface area contributed by atoms with Gasteiger partial charge in [0.2, 0.25) is 0 Å². The van der Waals surface area contributed by atoms with Crippen LogP contribution < -0.4 is 9.64 Å². The van der Waals surface area contributed by atoms with E-state index in [0.29, 0.717) is 22.8 Å². The second-order valence-corrected chi connectivity index (χ2v) is 9.95. The molecule has 3 aromatic rings. The van der Waals surface area contributed by atoms with Crippen LogP contribution in [0.4, 0.5) is 19.0 Å². The number of halogens is 3. The highest BCUT2D eigenvalue weighted by atomic mass is 19.4. The fourth-order valence-electron chi connectivity index (χ4n) is 5.62. The van der Waals surface area contributed by atoms with E-state index in [2.05, 4.69) is 24.8 Å². The molecule has 38 heavy (non-hydrogen) atoms. The van der Waals surface area contributed by atoms with E-state index >= 15 is 0 Å². The lowest BCUT2D eigenvalue weighted by Crippen LogP contribution is -2.46. The summed E-state index contributed by atoms with van der Waals surface area (Å²) in [4.78, 5) is 21.6. The van der Waals surface area contributed by atoms with Crippen molar-refractivity contribution in [2.24, 2.45) is 0 Å². The molecule has 1 aliphatic carbocycles. The molecule has 2 bridgehead atoms. The van der Waals surface area contributed by atoms with Gasteiger partial charge in [-0.05, 0) is 50.7 Å². The molecular formula is C26H25F3N4O5. The number of anilines is 1. The molecule has 1 aromatic carbocycles. The highest BCUT2D eigenvalue weighted by molar-refractivity contribution is 5.85. The van der Waals surface area contributed by atoms with Gasteiger partial charge in [-0.3, -0.25) is 0 Å². The molecule has 1 saturated carbocycles. The van der Waals surface area contributed by atoms with Gasteiger partial charge in [0.1, 0.15) is 23.0 Å². The van der Waals surface area contributed by atoms with E-state index in [-0.39, 0.29) is 47.7 Å². The number of aromatic carboxylic acids is 1. The third-order valence-electron chi connectivity index (χ3n) is 7.41. The van der Waals surface area contributed by atoms with Crippen molar-refractivity contribution in [2.45, 2.75) is 75.6 Å². The minimum atomic E-state index is -4.83. The Labute approximate surface area is 215 Å². The van der Waals surface area contributed by atoms with E-state index in [1.54, 1.807) is 6.07 Å². The monoisotopic (exact) mass is 530 g/mol. The van der Waals surface area contributed by atoms with Gasteiger partial charge in [-0.25, -0.2) is 14.8 Å². The van der Waals surface area contributed by atoms with Crippen molar-refractivity contribution >= 4 is 11.8 Å². The number of nitrogens with zero attached hydrogens (tertiary/aromatic N) is 4. The number of piperidine rings is 1. The predicted molar refractivity (Wildman–Crippen MR) is 127 cm³/mol. The maximum Gasteiger partial charge on any atom is 0.573 e. The number of ether oxygens (including phenoxy) is 2. The Kier molecular flexibility index (Phi) is 6.21. The number of rotatable bonds is 8. The van der Waals surface area contributed by atoms with Crippen LogP contribution in [0.1, 0.15) is 66.3 Å². The summed E-state index contributed by atoms with van der Waals surface area (Å²) in [6.45, 7) is 0.169. The standard InChI is InChI=1S/C26H25F3N4O5/c27-26(28,29)37-21-4-2-1-3-18(21)23-19(24(38-32-23)14-5-6-14)13-36-17-9-15-7-8-16(10-17)33(15)22-12-30-20(11-31-22)25(34)35/h1-4,11-12,14-17H,5-10,13H2,(H,34,35)/t15-,16+,17+. The van der Waals surface area contributed by atoms with Crippen LogP contribution in [0.2, 0.25) is 0 Å². The molecule has 3 fully saturated rings. The van der Waals surface area contributed by atoms with Crippen molar-refractivity contribution < 1.29 is 37.1 Å². The lowest BCUT2D eigenvalue weighted by molar-refractivity contribution is -0.274. The first kappa shape index (κ1) is 24.7. The number of aromatic nitrogens is 3. The molecule has 200 valence electrons. The number of carbonyl (C=O) groups is 1. The number of carboxylic acids is 1. The number of hydrogen-bond donors (Lipinski definition) is 1. The third-order valence-corrected chi connectivity index (χ3v) is 7.41. The molecule has 3 aliphatic rings. The molecule has 2 saturated heterocycles. The molecule has 9 nitrogen and oxygen atoms in total. The maximum absolute atomic E-state index is 13.0. The van der Waals surface area contributed by atoms with Gasteiger partial charge in [0, 0.05) is 29.1 Å². The minimum Gasteiger partial charge on any atom is -0.476 e. The summed E-state index contributed by atoms with van der Waals surface area (Å²) in [6.07, 6.45) is 3.15. The van der Waals surface area contributed by atoms with E-state index in [1.807, 2.05) is 0 Å². The molecule has 0 amide bonds. The fourth-order valence-corrected chi connectivity index (χ4v) is 5.62. The number of benzene rings is 1. The van der Waals surface area contributed by atoms with Gasteiger partial charge in [-0.1, -0.05) is 17.3 Å². The van der Waals surface area contributed by atoms with E-state index < -0.39 is 12.3 Å². The van der Waals surface area contributed by atoms with Crippen LogP contribution in [0.5, 0.6) is 5.75 Å². The van der Waals surface area contributed by atoms with E-state index in [4.69, 9.17) is 14.4 Å². The second kappa shape index (κ2) is 9.57. The minimum absolute atomic E-state index is 0.0635. The second-order valence-electron chi connectivity index (χ2n) is 9.95. The largest absolute Gasteiger partial charge is 0.573 e. The van der Waals surface area contributed by atoms with E-state index in [1.165, 1.54) is 30.6 Å². The number of alkyl halides is 3. The zero-order valence-electron chi connectivity index (χ0n) is 20.2. The first-order valence-electron chi connectivity index (χ1n) is 12.6. The molecule has 6 rings (SSSR count). The lowest BCUT2D eigenvalue weighted by Gasteiger charge is -2.39. The van der Waals surface area contributed by atoms with Gasteiger partial charge in [-0.15, -0.1) is 13.2 Å². The summed E-state index contributed by atoms with van der Waals surface area (Å²) >= 11 is 0. The van der Waals surface area contributed by atoms with Crippen LogP contribution in [-0.2, 0) is 11.3 Å². The Morgan fingerprint density at radius 3 is 2.45 bits per heavy atom. The van der Waals surface area contributed by atoms with Crippen LogP contribution in [0.15, 0.2) is 41.2 Å². The Morgan fingerprint density at radius 1 is 1.08 bits per heavy atom. The number of carboxylic acid groups (broad SMARTS) is 1. The van der Waals surface area contributed by atoms with Crippen molar-refractivity contribution in [3.63, 3.8) is 0 Å². The predicted octanol–water partition coefficient (Wildman–Crippen LogP) is 5.32. The SMILES string of the molecule is O=C(O)c1cnc(N2[C@@H]3CC[C@H]2C[C@@H](OCc2c(-c4ccccc4OC(F)(F)F)noc2C2CC2)C3)cn1. The molecule has 0 unspecified atom stereocenters. The number of fused-ring (bicyclic) bond motifs is 2. The lowest BCUT2D eigenvalue weighted by atomic mass is 9.99. The first-order chi connectivity index (χ1) is 18.3. The van der Waals surface area contributed by atoms with E-state index in [9.17, 15) is 18.0 Å². The van der Waals surface area contributed by atoms with Crippen LogP contribution in [-0.4, -0.2) is 50.8 Å². The van der Waals surface area contributed by atoms with Crippen molar-refractivity contribution in [2.75, 3.05) is 4.90 Å². The fraction of sp³-hybridized carbons (Fsp3) is 0.462. The van der Waals surface area contributed by atoms with Gasteiger partial charge < -0.3 is 24.0 Å². The van der Waals surface area contributed by atoms with Gasteiger partial charge in [0.05, 0.1) is 25.1 Å². The normalized spacial score (nSPS) is 23.0. The average Bonchev–Trinajstić information content (AvgIpc) is 3.58. The topological polar surface area (TPSA) is 111 Å². The van der Waals surface area contributed by atoms with Gasteiger partial charge in [0.25, 0.3) is 0 Å². The summed E-state index contributed by atoms with van der Waals surface area (Å²) in [6, 6.07) is 6.26. The van der Waals surface area contributed by atoms with Crippen molar-refractivity contribution in [3.05, 3.63) is 53.7 Å². The zero-order chi connectivity index (χ0) is 26.4. The summed E-state index contributed by atoms with van der Waals surface area (Å²) in [5.41, 5.74) is 1.08. The smallest absolute Gasteiger partial charge is 0.476 e. The number of hydrogen-bond acceptors (Lipinski definition) is 8. The molecule has 2 aromatic heterocycles. The summed E-state index contributed by atoms with van der Waals surface area (Å²) in [7, 11) is 0. The van der Waals surface area contributed by atoms with Crippen molar-refractivity contribution in [1.82, 2.24) is 15.1 Å². The summed E-state index contributed by atoms with van der Waals surface area (Å²) in [5, 5.41) is 13.2. The van der Waals surface area contributed by atoms with Crippen molar-refractivity contribution in [3.8, 4) is 17.0 Å². The van der Waals surface area contributed by atoms with Gasteiger partial charge in [0.15, 0.2) is 5.69 Å². The Bertz CT molecular complexity index is 1310. The molecular weight excluding hydrogens is 505 g/mol. The van der Waals surface area contributed by atoms with Crippen LogP contribution >= 0.6 is 0 Å². The van der Waals surface area contributed by atoms with Crippen molar-refractivity contribution in [1.29, 1.82) is 0 Å². The number of para-hydroxylation sites is 1. The van der Waals surface area contributed by atoms with Crippen LogP contribution in [0, 0.1) is 0 Å².